The molecule has 0 heterocycles. The number of methoxy groups -OCH3 is 1. The number of anilines is 2. The van der Waals surface area contributed by atoms with Crippen molar-refractivity contribution < 1.29 is 27.5 Å². The van der Waals surface area contributed by atoms with Crippen molar-refractivity contribution in [3.8, 4) is 5.75 Å². The molecule has 1 saturated carbocycles. The normalized spacial score (nSPS) is 13.7. The maximum absolute atomic E-state index is 13.4. The maximum Gasteiger partial charge on any atom is 0.418 e. The van der Waals surface area contributed by atoms with Crippen LogP contribution >= 0.6 is 0 Å². The van der Waals surface area contributed by atoms with Crippen LogP contribution in [0, 0.1) is 5.92 Å². The summed E-state index contributed by atoms with van der Waals surface area (Å²) in [5.74, 6) is -0.549. The first-order chi connectivity index (χ1) is 13.3. The number of rotatable bonds is 6. The van der Waals surface area contributed by atoms with Crippen LogP contribution < -0.4 is 15.4 Å². The van der Waals surface area contributed by atoms with Crippen molar-refractivity contribution in [1.29, 1.82) is 0 Å². The average Bonchev–Trinajstić information content (AvgIpc) is 3.47. The second-order valence-corrected chi connectivity index (χ2v) is 6.56. The van der Waals surface area contributed by atoms with Crippen LogP contribution in [0.25, 0.3) is 0 Å². The van der Waals surface area contributed by atoms with Crippen molar-refractivity contribution in [3.05, 3.63) is 53.6 Å². The van der Waals surface area contributed by atoms with E-state index in [2.05, 4.69) is 10.6 Å². The molecule has 0 bridgehead atoms. The third kappa shape index (κ3) is 4.82. The summed E-state index contributed by atoms with van der Waals surface area (Å²) < 4.78 is 45.5. The van der Waals surface area contributed by atoms with Crippen LogP contribution in [0.5, 0.6) is 5.75 Å². The number of hydrogen-bond acceptors (Lipinski definition) is 3. The summed E-state index contributed by atoms with van der Waals surface area (Å²) in [6.45, 7) is 0. The predicted octanol–water partition coefficient (Wildman–Crippen LogP) is 4.24. The molecule has 2 aromatic carbocycles. The third-order valence-electron chi connectivity index (χ3n) is 4.36. The summed E-state index contributed by atoms with van der Waals surface area (Å²) in [6.07, 6.45) is -3.33. The standard InChI is InChI=1S/C20H19F3N2O3/c1-28-17-5-3-2-4-13(17)10-18(26)25-16-9-8-14(11-15(16)20(21,22)23)24-19(27)12-6-7-12/h2-5,8-9,11-12H,6-7,10H2,1H3,(H,24,27)(H,25,26). The lowest BCUT2D eigenvalue weighted by Gasteiger charge is -2.16. The van der Waals surface area contributed by atoms with Gasteiger partial charge in [0.15, 0.2) is 0 Å². The predicted molar refractivity (Wildman–Crippen MR) is 98.1 cm³/mol. The SMILES string of the molecule is COc1ccccc1CC(=O)Nc1ccc(NC(=O)C2CC2)cc1C(F)(F)F. The molecule has 2 aromatic rings. The molecule has 2 N–H and O–H groups in total. The van der Waals surface area contributed by atoms with Gasteiger partial charge in [0, 0.05) is 17.2 Å². The summed E-state index contributed by atoms with van der Waals surface area (Å²) in [5, 5.41) is 4.79. The van der Waals surface area contributed by atoms with Crippen molar-refractivity contribution in [3.63, 3.8) is 0 Å². The zero-order chi connectivity index (χ0) is 20.3. The number of carbonyl (C=O) groups excluding carboxylic acids is 2. The molecule has 0 unspecified atom stereocenters. The highest BCUT2D eigenvalue weighted by Gasteiger charge is 2.35. The van der Waals surface area contributed by atoms with E-state index >= 15 is 0 Å². The molecular weight excluding hydrogens is 373 g/mol. The minimum absolute atomic E-state index is 0.0481. The minimum Gasteiger partial charge on any atom is -0.496 e. The van der Waals surface area contributed by atoms with Crippen LogP contribution in [0.1, 0.15) is 24.0 Å². The zero-order valence-corrected chi connectivity index (χ0v) is 15.1. The van der Waals surface area contributed by atoms with Gasteiger partial charge in [-0.25, -0.2) is 0 Å². The number of hydrogen-bond donors (Lipinski definition) is 2. The Labute approximate surface area is 159 Å². The van der Waals surface area contributed by atoms with E-state index in [9.17, 15) is 22.8 Å². The zero-order valence-electron chi connectivity index (χ0n) is 15.1. The Hall–Kier alpha value is -3.03. The monoisotopic (exact) mass is 392 g/mol. The molecule has 28 heavy (non-hydrogen) atoms. The van der Waals surface area contributed by atoms with Gasteiger partial charge in [0.1, 0.15) is 5.75 Å². The number of ether oxygens (including phenoxy) is 1. The molecule has 1 aliphatic carbocycles. The minimum atomic E-state index is -4.69. The lowest BCUT2D eigenvalue weighted by molar-refractivity contribution is -0.137. The molecule has 0 spiro atoms. The van der Waals surface area contributed by atoms with Gasteiger partial charge >= 0.3 is 6.18 Å². The molecule has 0 aliphatic heterocycles. The van der Waals surface area contributed by atoms with Crippen molar-refractivity contribution in [2.24, 2.45) is 5.92 Å². The van der Waals surface area contributed by atoms with Crippen molar-refractivity contribution in [2.75, 3.05) is 17.7 Å². The number of para-hydroxylation sites is 1. The Balaban J connectivity index is 1.78. The molecule has 0 radical (unpaired) electrons. The Morgan fingerprint density at radius 2 is 1.82 bits per heavy atom. The third-order valence-corrected chi connectivity index (χ3v) is 4.36. The fraction of sp³-hybridized carbons (Fsp3) is 0.300. The Morgan fingerprint density at radius 1 is 1.11 bits per heavy atom. The van der Waals surface area contributed by atoms with Crippen LogP contribution in [0.15, 0.2) is 42.5 Å². The Kier molecular flexibility index (Phi) is 5.58. The summed E-state index contributed by atoms with van der Waals surface area (Å²) in [6, 6.07) is 10.1. The smallest absolute Gasteiger partial charge is 0.418 e. The number of benzene rings is 2. The summed E-state index contributed by atoms with van der Waals surface area (Å²) in [7, 11) is 1.45. The fourth-order valence-electron chi connectivity index (χ4n) is 2.77. The van der Waals surface area contributed by atoms with Gasteiger partial charge in [0.05, 0.1) is 24.8 Å². The van der Waals surface area contributed by atoms with Gasteiger partial charge in [-0.05, 0) is 37.1 Å². The van der Waals surface area contributed by atoms with Gasteiger partial charge in [-0.3, -0.25) is 9.59 Å². The molecule has 0 atom stereocenters. The molecule has 8 heteroatoms. The van der Waals surface area contributed by atoms with E-state index in [4.69, 9.17) is 4.74 Å². The van der Waals surface area contributed by atoms with Crippen LogP contribution in [-0.2, 0) is 22.2 Å². The van der Waals surface area contributed by atoms with Gasteiger partial charge < -0.3 is 15.4 Å². The fourth-order valence-corrected chi connectivity index (χ4v) is 2.77. The molecule has 5 nitrogen and oxygen atoms in total. The highest BCUT2D eigenvalue weighted by atomic mass is 19.4. The number of carbonyl (C=O) groups is 2. The van der Waals surface area contributed by atoms with Crippen LogP contribution in [0.4, 0.5) is 24.5 Å². The van der Waals surface area contributed by atoms with Crippen molar-refractivity contribution in [2.45, 2.75) is 25.4 Å². The number of nitrogens with one attached hydrogen (secondary N) is 2. The average molecular weight is 392 g/mol. The molecular formula is C20H19F3N2O3. The van der Waals surface area contributed by atoms with E-state index in [1.54, 1.807) is 24.3 Å². The highest BCUT2D eigenvalue weighted by Crippen LogP contribution is 2.37. The van der Waals surface area contributed by atoms with Gasteiger partial charge in [0.25, 0.3) is 0 Å². The Bertz CT molecular complexity index is 893. The summed E-state index contributed by atoms with van der Waals surface area (Å²) in [5.41, 5.74) is -0.775. The van der Waals surface area contributed by atoms with E-state index in [-0.39, 0.29) is 29.6 Å². The van der Waals surface area contributed by atoms with E-state index in [0.717, 1.165) is 25.0 Å². The summed E-state index contributed by atoms with van der Waals surface area (Å²) >= 11 is 0. The second kappa shape index (κ2) is 7.92. The Morgan fingerprint density at radius 3 is 2.46 bits per heavy atom. The molecule has 148 valence electrons. The molecule has 2 amide bonds. The molecule has 3 rings (SSSR count). The largest absolute Gasteiger partial charge is 0.496 e. The number of alkyl halides is 3. The van der Waals surface area contributed by atoms with Gasteiger partial charge in [-0.2, -0.15) is 13.2 Å². The van der Waals surface area contributed by atoms with Gasteiger partial charge in [-0.15, -0.1) is 0 Å². The van der Waals surface area contributed by atoms with E-state index < -0.39 is 17.6 Å². The summed E-state index contributed by atoms with van der Waals surface area (Å²) in [4.78, 5) is 24.1. The van der Waals surface area contributed by atoms with E-state index in [0.29, 0.717) is 11.3 Å². The van der Waals surface area contributed by atoms with Gasteiger partial charge in [0.2, 0.25) is 11.8 Å². The lowest BCUT2D eigenvalue weighted by atomic mass is 10.1. The first-order valence-corrected chi connectivity index (χ1v) is 8.72. The van der Waals surface area contributed by atoms with Gasteiger partial charge in [-0.1, -0.05) is 18.2 Å². The quantitative estimate of drug-likeness (QED) is 0.773. The molecule has 1 aliphatic rings. The van der Waals surface area contributed by atoms with E-state index in [1.165, 1.54) is 13.2 Å². The molecule has 0 saturated heterocycles. The maximum atomic E-state index is 13.4. The second-order valence-electron chi connectivity index (χ2n) is 6.56. The topological polar surface area (TPSA) is 67.4 Å². The van der Waals surface area contributed by atoms with Crippen LogP contribution in [0.3, 0.4) is 0 Å². The lowest BCUT2D eigenvalue weighted by Crippen LogP contribution is -2.19. The molecule has 1 fully saturated rings. The first kappa shape index (κ1) is 19.7. The first-order valence-electron chi connectivity index (χ1n) is 8.72. The number of amides is 2. The van der Waals surface area contributed by atoms with Crippen LogP contribution in [0.2, 0.25) is 0 Å². The number of halogens is 3. The van der Waals surface area contributed by atoms with Crippen LogP contribution in [-0.4, -0.2) is 18.9 Å². The highest BCUT2D eigenvalue weighted by molar-refractivity contribution is 5.96. The van der Waals surface area contributed by atoms with E-state index in [1.807, 2.05) is 0 Å². The molecule has 0 aromatic heterocycles. The van der Waals surface area contributed by atoms with Crippen molar-refractivity contribution in [1.82, 2.24) is 0 Å². The van der Waals surface area contributed by atoms with Crippen molar-refractivity contribution >= 4 is 23.2 Å².